The molecule has 0 amide bonds. The maximum Gasteiger partial charge on any atom is 0.359 e. The third kappa shape index (κ3) is 3.49. The summed E-state index contributed by atoms with van der Waals surface area (Å²) in [5, 5.41) is 7.33. The lowest BCUT2D eigenvalue weighted by Gasteiger charge is -2.21. The van der Waals surface area contributed by atoms with E-state index >= 15 is 0 Å². The van der Waals surface area contributed by atoms with Crippen LogP contribution in [0.2, 0.25) is 0 Å². The Labute approximate surface area is 126 Å². The molecule has 1 heterocycles. The molecule has 1 aliphatic heterocycles. The van der Waals surface area contributed by atoms with Gasteiger partial charge < -0.3 is 19.7 Å². The Morgan fingerprint density at radius 2 is 1.76 bits per heavy atom. The highest BCUT2D eigenvalue weighted by Crippen LogP contribution is 2.57. The molecule has 1 aromatic carbocycles. The molecule has 0 radical (unpaired) electrons. The number of rotatable bonds is 5. The number of fused-ring (bicyclic) bond motifs is 1. The van der Waals surface area contributed by atoms with Crippen molar-refractivity contribution in [3.8, 4) is 0 Å². The zero-order valence-electron chi connectivity index (χ0n) is 12.8. The molecule has 0 saturated carbocycles. The molecular weight excluding hydrogens is 287 g/mol. The van der Waals surface area contributed by atoms with Crippen LogP contribution in [0, 0.1) is 0 Å². The van der Waals surface area contributed by atoms with Gasteiger partial charge >= 0.3 is 7.60 Å². The molecule has 2 N–H and O–H groups in total. The monoisotopic (exact) mass is 310 g/mol. The van der Waals surface area contributed by atoms with Gasteiger partial charge in [0, 0.05) is 24.3 Å². The van der Waals surface area contributed by atoms with Crippen molar-refractivity contribution in [2.24, 2.45) is 0 Å². The quantitative estimate of drug-likeness (QED) is 0.813. The number of anilines is 1. The van der Waals surface area contributed by atoms with Crippen LogP contribution < -0.4 is 10.6 Å². The van der Waals surface area contributed by atoms with E-state index in [0.717, 1.165) is 30.0 Å². The molecule has 0 fully saturated rings. The van der Waals surface area contributed by atoms with Crippen LogP contribution in [-0.2, 0) is 13.6 Å². The summed E-state index contributed by atoms with van der Waals surface area (Å²) >= 11 is 0. The lowest BCUT2D eigenvalue weighted by molar-refractivity contribution is 0.226. The highest BCUT2D eigenvalue weighted by Gasteiger charge is 2.30. The second-order valence-corrected chi connectivity index (χ2v) is 6.87. The van der Waals surface area contributed by atoms with Crippen molar-refractivity contribution >= 4 is 19.0 Å². The summed E-state index contributed by atoms with van der Waals surface area (Å²) in [6.45, 7) is 7.71. The first-order chi connectivity index (χ1) is 10.1. The van der Waals surface area contributed by atoms with Gasteiger partial charge in [0.15, 0.2) is 0 Å². The van der Waals surface area contributed by atoms with Crippen molar-refractivity contribution in [3.05, 3.63) is 35.1 Å². The molecular formula is C15H23N2O3P. The van der Waals surface area contributed by atoms with Crippen molar-refractivity contribution in [3.63, 3.8) is 0 Å². The average molecular weight is 310 g/mol. The second-order valence-electron chi connectivity index (χ2n) is 4.69. The molecule has 0 aromatic heterocycles. The van der Waals surface area contributed by atoms with Gasteiger partial charge in [0.05, 0.1) is 24.2 Å². The Morgan fingerprint density at radius 3 is 2.43 bits per heavy atom. The van der Waals surface area contributed by atoms with E-state index in [2.05, 4.69) is 10.6 Å². The van der Waals surface area contributed by atoms with Crippen molar-refractivity contribution in [1.82, 2.24) is 5.32 Å². The van der Waals surface area contributed by atoms with E-state index in [0.29, 0.717) is 18.5 Å². The fraction of sp³-hybridized carbons (Fsp3) is 0.467. The van der Waals surface area contributed by atoms with Crippen LogP contribution in [0.15, 0.2) is 29.6 Å². The van der Waals surface area contributed by atoms with Crippen molar-refractivity contribution < 1.29 is 13.6 Å². The minimum atomic E-state index is -3.26. The lowest BCUT2D eigenvalue weighted by Crippen LogP contribution is -2.18. The molecule has 0 atom stereocenters. The SMILES string of the molecule is CCOP(=O)(OCC)C(C)=C1NCCNc2ccccc21. The Bertz CT molecular complexity index is 562. The third-order valence-corrected chi connectivity index (χ3v) is 5.55. The van der Waals surface area contributed by atoms with E-state index in [4.69, 9.17) is 9.05 Å². The topological polar surface area (TPSA) is 59.6 Å². The van der Waals surface area contributed by atoms with Gasteiger partial charge in [0.1, 0.15) is 0 Å². The predicted octanol–water partition coefficient (Wildman–Crippen LogP) is 3.66. The number of para-hydroxylation sites is 1. The second kappa shape index (κ2) is 7.12. The smallest absolute Gasteiger partial charge is 0.359 e. The summed E-state index contributed by atoms with van der Waals surface area (Å²) in [4.78, 5) is 0. The summed E-state index contributed by atoms with van der Waals surface area (Å²) in [6.07, 6.45) is 0. The lowest BCUT2D eigenvalue weighted by atomic mass is 10.1. The van der Waals surface area contributed by atoms with Crippen LogP contribution in [0.3, 0.4) is 0 Å². The molecule has 0 saturated heterocycles. The van der Waals surface area contributed by atoms with Gasteiger partial charge in [-0.2, -0.15) is 0 Å². The first-order valence-electron chi connectivity index (χ1n) is 7.30. The van der Waals surface area contributed by atoms with Gasteiger partial charge in [0.2, 0.25) is 0 Å². The summed E-state index contributed by atoms with van der Waals surface area (Å²) in [5.41, 5.74) is 2.85. The van der Waals surface area contributed by atoms with E-state index in [-0.39, 0.29) is 0 Å². The Balaban J connectivity index is 2.52. The summed E-state index contributed by atoms with van der Waals surface area (Å²) in [6, 6.07) is 7.96. The van der Waals surface area contributed by atoms with Crippen LogP contribution in [0.1, 0.15) is 26.3 Å². The number of nitrogens with one attached hydrogen (secondary N) is 2. The molecule has 2 rings (SSSR count). The zero-order valence-corrected chi connectivity index (χ0v) is 13.7. The minimum absolute atomic E-state index is 0.349. The first kappa shape index (κ1) is 16.1. The van der Waals surface area contributed by atoms with Crippen molar-refractivity contribution in [1.29, 1.82) is 0 Å². The fourth-order valence-corrected chi connectivity index (χ4v) is 3.98. The van der Waals surface area contributed by atoms with Crippen LogP contribution in [0.25, 0.3) is 5.70 Å². The molecule has 116 valence electrons. The largest absolute Gasteiger partial charge is 0.383 e. The normalized spacial score (nSPS) is 17.3. The molecule has 21 heavy (non-hydrogen) atoms. The number of hydrogen-bond acceptors (Lipinski definition) is 5. The van der Waals surface area contributed by atoms with Crippen LogP contribution in [0.4, 0.5) is 5.69 Å². The Morgan fingerprint density at radius 1 is 1.14 bits per heavy atom. The van der Waals surface area contributed by atoms with Gasteiger partial charge in [-0.15, -0.1) is 0 Å². The Hall–Kier alpha value is -1.29. The van der Waals surface area contributed by atoms with Crippen molar-refractivity contribution in [2.45, 2.75) is 20.8 Å². The van der Waals surface area contributed by atoms with Gasteiger partial charge in [0.25, 0.3) is 0 Å². The molecule has 5 nitrogen and oxygen atoms in total. The van der Waals surface area contributed by atoms with Crippen molar-refractivity contribution in [2.75, 3.05) is 31.6 Å². The zero-order chi connectivity index (χ0) is 15.3. The van der Waals surface area contributed by atoms with Gasteiger partial charge in [-0.3, -0.25) is 4.57 Å². The molecule has 0 aliphatic carbocycles. The Kier molecular flexibility index (Phi) is 5.45. The van der Waals surface area contributed by atoms with Gasteiger partial charge in [-0.05, 0) is 26.8 Å². The highest BCUT2D eigenvalue weighted by molar-refractivity contribution is 7.58. The molecule has 0 bridgehead atoms. The summed E-state index contributed by atoms with van der Waals surface area (Å²) in [5.74, 6) is 0. The number of allylic oxidation sites excluding steroid dienone is 1. The highest BCUT2D eigenvalue weighted by atomic mass is 31.2. The molecule has 1 aromatic rings. The fourth-order valence-electron chi connectivity index (χ4n) is 2.37. The summed E-state index contributed by atoms with van der Waals surface area (Å²) < 4.78 is 23.9. The third-order valence-electron chi connectivity index (χ3n) is 3.31. The average Bonchev–Trinajstić information content (AvgIpc) is 2.69. The van der Waals surface area contributed by atoms with E-state index in [1.54, 1.807) is 0 Å². The molecule has 0 spiro atoms. The molecule has 1 aliphatic rings. The summed E-state index contributed by atoms with van der Waals surface area (Å²) in [7, 11) is -3.26. The number of hydrogen-bond donors (Lipinski definition) is 2. The molecule has 0 unspecified atom stereocenters. The molecule has 6 heteroatoms. The van der Waals surface area contributed by atoms with Gasteiger partial charge in [-0.25, -0.2) is 0 Å². The first-order valence-corrected chi connectivity index (χ1v) is 8.84. The van der Waals surface area contributed by atoms with E-state index in [9.17, 15) is 4.57 Å². The van der Waals surface area contributed by atoms with E-state index < -0.39 is 7.60 Å². The maximum absolute atomic E-state index is 13.0. The number of benzene rings is 1. The van der Waals surface area contributed by atoms with E-state index in [1.807, 2.05) is 45.0 Å². The van der Waals surface area contributed by atoms with Gasteiger partial charge in [-0.1, -0.05) is 18.2 Å². The predicted molar refractivity (Wildman–Crippen MR) is 86.4 cm³/mol. The minimum Gasteiger partial charge on any atom is -0.383 e. The standard InChI is InChI=1S/C15H23N2O3P/c1-4-19-21(18,20-5-2)12(3)15-13-8-6-7-9-14(13)16-10-11-17-15/h6-9,16-17H,4-5,10-11H2,1-3H3. The maximum atomic E-state index is 13.0. The van der Waals surface area contributed by atoms with Crippen LogP contribution in [0.5, 0.6) is 0 Å². The van der Waals surface area contributed by atoms with E-state index in [1.165, 1.54) is 0 Å². The van der Waals surface area contributed by atoms with Crippen LogP contribution in [-0.4, -0.2) is 26.3 Å². The van der Waals surface area contributed by atoms with Crippen LogP contribution >= 0.6 is 7.60 Å².